The maximum absolute atomic E-state index is 11.6. The summed E-state index contributed by atoms with van der Waals surface area (Å²) in [6.45, 7) is 3.42. The largest absolute Gasteiger partial charge is 0.329 e. The van der Waals surface area contributed by atoms with Crippen LogP contribution >= 0.6 is 11.8 Å². The second kappa shape index (κ2) is 5.52. The van der Waals surface area contributed by atoms with Gasteiger partial charge in [0.2, 0.25) is 0 Å². The van der Waals surface area contributed by atoms with Gasteiger partial charge >= 0.3 is 0 Å². The minimum absolute atomic E-state index is 0.200. The van der Waals surface area contributed by atoms with Gasteiger partial charge in [0.15, 0.2) is 9.84 Å². The molecule has 1 fully saturated rings. The molecule has 0 aromatic carbocycles. The van der Waals surface area contributed by atoms with Gasteiger partial charge in [0.1, 0.15) is 5.37 Å². The summed E-state index contributed by atoms with van der Waals surface area (Å²) >= 11 is 1.71. The van der Waals surface area contributed by atoms with E-state index in [2.05, 4.69) is 11.8 Å². The van der Waals surface area contributed by atoms with Gasteiger partial charge in [0.25, 0.3) is 0 Å². The highest BCUT2D eigenvalue weighted by molar-refractivity contribution is 8.00. The number of hydrogen-bond donors (Lipinski definition) is 1. The molecule has 0 aromatic heterocycles. The summed E-state index contributed by atoms with van der Waals surface area (Å²) in [4.78, 5) is 2.06. The highest BCUT2D eigenvalue weighted by atomic mass is 32.2. The van der Waals surface area contributed by atoms with E-state index >= 15 is 0 Å². The van der Waals surface area contributed by atoms with Crippen molar-refractivity contribution in [3.63, 3.8) is 0 Å². The summed E-state index contributed by atoms with van der Waals surface area (Å²) in [7, 11) is -2.99. The lowest BCUT2D eigenvalue weighted by molar-refractivity contribution is 0.191. The van der Waals surface area contributed by atoms with Crippen LogP contribution in [-0.4, -0.2) is 55.6 Å². The lowest BCUT2D eigenvalue weighted by Crippen LogP contribution is -2.53. The molecule has 0 amide bonds. The summed E-state index contributed by atoms with van der Waals surface area (Å²) in [5.41, 5.74) is 5.68. The molecule has 6 heteroatoms. The van der Waals surface area contributed by atoms with Gasteiger partial charge in [-0.05, 0) is 6.42 Å². The lowest BCUT2D eigenvalue weighted by atomic mass is 10.2. The Morgan fingerprint density at radius 3 is 2.73 bits per heavy atom. The second-order valence-electron chi connectivity index (χ2n) is 3.89. The van der Waals surface area contributed by atoms with Crippen molar-refractivity contribution in [1.82, 2.24) is 4.90 Å². The van der Waals surface area contributed by atoms with Gasteiger partial charge in [-0.25, -0.2) is 8.42 Å². The first-order valence-electron chi connectivity index (χ1n) is 5.23. The fraction of sp³-hybridized carbons (Fsp3) is 1.00. The molecule has 2 atom stereocenters. The van der Waals surface area contributed by atoms with Crippen LogP contribution in [0.1, 0.15) is 13.3 Å². The average Bonchev–Trinajstić information content (AvgIpc) is 2.19. The van der Waals surface area contributed by atoms with Crippen LogP contribution in [0.4, 0.5) is 0 Å². The minimum Gasteiger partial charge on any atom is -0.329 e. The van der Waals surface area contributed by atoms with Gasteiger partial charge in [-0.15, -0.1) is 0 Å². The Morgan fingerprint density at radius 2 is 2.27 bits per heavy atom. The van der Waals surface area contributed by atoms with Crippen molar-refractivity contribution in [3.8, 4) is 0 Å². The summed E-state index contributed by atoms with van der Waals surface area (Å²) in [5, 5.41) is -0.343. The summed E-state index contributed by atoms with van der Waals surface area (Å²) in [5.74, 6) is 1.68. The second-order valence-corrected chi connectivity index (χ2v) is 7.25. The van der Waals surface area contributed by atoms with E-state index in [9.17, 15) is 8.42 Å². The topological polar surface area (TPSA) is 63.4 Å². The van der Waals surface area contributed by atoms with Crippen LogP contribution in [0.3, 0.4) is 0 Å². The third-order valence-corrected chi connectivity index (χ3v) is 5.49. The molecule has 0 bridgehead atoms. The molecule has 0 aromatic rings. The SMILES string of the molecule is CCC(CN)N1CCSCC1S(C)(=O)=O. The molecule has 90 valence electrons. The molecule has 15 heavy (non-hydrogen) atoms. The molecule has 0 radical (unpaired) electrons. The Kier molecular flexibility index (Phi) is 4.89. The van der Waals surface area contributed by atoms with Crippen LogP contribution in [0, 0.1) is 0 Å². The predicted octanol–water partition coefficient (Wildman–Crippen LogP) is 0.143. The Labute approximate surface area is 96.5 Å². The van der Waals surface area contributed by atoms with Crippen molar-refractivity contribution in [3.05, 3.63) is 0 Å². The molecular formula is C9H20N2O2S2. The van der Waals surface area contributed by atoms with E-state index in [1.165, 1.54) is 6.26 Å². The van der Waals surface area contributed by atoms with Crippen molar-refractivity contribution in [2.24, 2.45) is 5.73 Å². The zero-order valence-electron chi connectivity index (χ0n) is 9.35. The molecule has 2 unspecified atom stereocenters. The third-order valence-electron chi connectivity index (χ3n) is 2.83. The Hall–Kier alpha value is 0.220. The number of thioether (sulfide) groups is 1. The Bertz CT molecular complexity index is 288. The number of hydrogen-bond acceptors (Lipinski definition) is 5. The van der Waals surface area contributed by atoms with Crippen LogP contribution in [0.5, 0.6) is 0 Å². The molecular weight excluding hydrogens is 232 g/mol. The fourth-order valence-corrected chi connectivity index (χ4v) is 4.86. The summed E-state index contributed by atoms with van der Waals surface area (Å²) in [6.07, 6.45) is 2.23. The molecule has 0 saturated carbocycles. The van der Waals surface area contributed by atoms with Crippen molar-refractivity contribution in [1.29, 1.82) is 0 Å². The number of rotatable bonds is 4. The van der Waals surface area contributed by atoms with Crippen molar-refractivity contribution >= 4 is 21.6 Å². The highest BCUT2D eigenvalue weighted by Crippen LogP contribution is 2.23. The van der Waals surface area contributed by atoms with Gasteiger partial charge in [0, 0.05) is 36.9 Å². The van der Waals surface area contributed by atoms with E-state index < -0.39 is 9.84 Å². The van der Waals surface area contributed by atoms with Crippen LogP contribution in [0.2, 0.25) is 0 Å². The van der Waals surface area contributed by atoms with E-state index in [4.69, 9.17) is 5.73 Å². The molecule has 1 rings (SSSR count). The zero-order valence-corrected chi connectivity index (χ0v) is 11.0. The van der Waals surface area contributed by atoms with E-state index in [0.29, 0.717) is 12.3 Å². The van der Waals surface area contributed by atoms with E-state index in [1.54, 1.807) is 11.8 Å². The Morgan fingerprint density at radius 1 is 1.60 bits per heavy atom. The molecule has 1 aliphatic heterocycles. The standard InChI is InChI=1S/C9H20N2O2S2/c1-3-8(6-10)11-4-5-14-7-9(11)15(2,12)13/h8-9H,3-7,10H2,1-2H3. The monoisotopic (exact) mass is 252 g/mol. The molecule has 4 nitrogen and oxygen atoms in total. The zero-order chi connectivity index (χ0) is 11.5. The van der Waals surface area contributed by atoms with Crippen molar-refractivity contribution in [2.45, 2.75) is 24.8 Å². The molecule has 2 N–H and O–H groups in total. The molecule has 1 aliphatic rings. The first-order valence-corrected chi connectivity index (χ1v) is 8.34. The maximum atomic E-state index is 11.6. The summed E-state index contributed by atoms with van der Waals surface area (Å²) in [6, 6.07) is 0.200. The van der Waals surface area contributed by atoms with Crippen LogP contribution in [-0.2, 0) is 9.84 Å². The normalized spacial score (nSPS) is 26.5. The fourth-order valence-electron chi connectivity index (χ4n) is 1.92. The quantitative estimate of drug-likeness (QED) is 0.771. The van der Waals surface area contributed by atoms with Gasteiger partial charge in [0.05, 0.1) is 0 Å². The van der Waals surface area contributed by atoms with E-state index in [1.807, 2.05) is 0 Å². The van der Waals surface area contributed by atoms with Gasteiger partial charge in [-0.3, -0.25) is 4.90 Å². The maximum Gasteiger partial charge on any atom is 0.164 e. The lowest BCUT2D eigenvalue weighted by Gasteiger charge is -2.39. The van der Waals surface area contributed by atoms with Crippen LogP contribution in [0.15, 0.2) is 0 Å². The number of sulfone groups is 1. The first kappa shape index (κ1) is 13.3. The van der Waals surface area contributed by atoms with Gasteiger partial charge in [-0.1, -0.05) is 6.92 Å². The van der Waals surface area contributed by atoms with Crippen LogP contribution in [0.25, 0.3) is 0 Å². The third kappa shape index (κ3) is 3.34. The number of nitrogens with zero attached hydrogens (tertiary/aromatic N) is 1. The molecule has 0 spiro atoms. The van der Waals surface area contributed by atoms with Gasteiger partial charge in [-0.2, -0.15) is 11.8 Å². The highest BCUT2D eigenvalue weighted by Gasteiger charge is 2.34. The van der Waals surface area contributed by atoms with E-state index in [0.717, 1.165) is 18.7 Å². The molecule has 1 heterocycles. The predicted molar refractivity (Wildman–Crippen MR) is 65.8 cm³/mol. The smallest absolute Gasteiger partial charge is 0.164 e. The molecule has 1 saturated heterocycles. The van der Waals surface area contributed by atoms with Crippen molar-refractivity contribution in [2.75, 3.05) is 30.9 Å². The first-order chi connectivity index (χ1) is 7.00. The van der Waals surface area contributed by atoms with Crippen LogP contribution < -0.4 is 5.73 Å². The average molecular weight is 252 g/mol. The van der Waals surface area contributed by atoms with E-state index in [-0.39, 0.29) is 11.4 Å². The van der Waals surface area contributed by atoms with Gasteiger partial charge < -0.3 is 5.73 Å². The molecule has 0 aliphatic carbocycles. The van der Waals surface area contributed by atoms with Crippen molar-refractivity contribution < 1.29 is 8.42 Å². The summed E-state index contributed by atoms with van der Waals surface area (Å²) < 4.78 is 23.3. The minimum atomic E-state index is -2.99. The number of nitrogens with two attached hydrogens (primary N) is 1. The Balaban J connectivity index is 2.82.